The zero-order valence-electron chi connectivity index (χ0n) is 22.2. The number of thiophene rings is 1. The van der Waals surface area contributed by atoms with Crippen molar-refractivity contribution in [2.45, 2.75) is 31.9 Å². The summed E-state index contributed by atoms with van der Waals surface area (Å²) in [5.74, 6) is 0. The molecule has 3 aromatic heterocycles. The van der Waals surface area contributed by atoms with Crippen LogP contribution in [0.4, 0.5) is 4.39 Å². The molecule has 39 heavy (non-hydrogen) atoms. The molecule has 6 aromatic rings. The van der Waals surface area contributed by atoms with E-state index in [1.165, 1.54) is 4.70 Å². The normalized spacial score (nSPS) is 13.3. The summed E-state index contributed by atoms with van der Waals surface area (Å²) in [6, 6.07) is 39.2. The van der Waals surface area contributed by atoms with Gasteiger partial charge < -0.3 is 0 Å². The Morgan fingerprint density at radius 2 is 1.18 bits per heavy atom. The van der Waals surface area contributed by atoms with Crippen molar-refractivity contribution in [3.63, 3.8) is 0 Å². The lowest BCUT2D eigenvalue weighted by Gasteiger charge is -2.27. The lowest BCUT2D eigenvalue weighted by molar-refractivity contribution is 0.266. The Hall–Kier alpha value is -4.15. The number of alkyl halides is 1. The molecule has 0 amide bonds. The van der Waals surface area contributed by atoms with Gasteiger partial charge in [0.15, 0.2) is 0 Å². The van der Waals surface area contributed by atoms with Crippen molar-refractivity contribution in [3.8, 4) is 21.8 Å². The minimum Gasteiger partial charge on any atom is -0.249 e. The Morgan fingerprint density at radius 3 is 1.85 bits per heavy atom. The van der Waals surface area contributed by atoms with E-state index in [4.69, 9.17) is 9.97 Å². The van der Waals surface area contributed by atoms with Gasteiger partial charge in [-0.3, -0.25) is 0 Å². The minimum atomic E-state index is -2.05. The van der Waals surface area contributed by atoms with Gasteiger partial charge in [0.25, 0.3) is 0 Å². The van der Waals surface area contributed by atoms with Crippen molar-refractivity contribution >= 4 is 21.4 Å². The van der Waals surface area contributed by atoms with Crippen LogP contribution in [0.2, 0.25) is 0 Å². The van der Waals surface area contributed by atoms with E-state index in [0.717, 1.165) is 32.8 Å². The zero-order chi connectivity index (χ0) is 27.0. The van der Waals surface area contributed by atoms with Gasteiger partial charge in [-0.05, 0) is 52.8 Å². The van der Waals surface area contributed by atoms with Crippen LogP contribution in [0, 0.1) is 0 Å². The van der Waals surface area contributed by atoms with Crippen molar-refractivity contribution in [2.75, 3.05) is 0 Å². The highest BCUT2D eigenvalue weighted by Crippen LogP contribution is 2.42. The molecule has 192 valence electrons. The highest BCUT2D eigenvalue weighted by molar-refractivity contribution is 7.22. The van der Waals surface area contributed by atoms with E-state index in [-0.39, 0.29) is 5.41 Å². The second-order valence-corrected chi connectivity index (χ2v) is 11.9. The first-order valence-corrected chi connectivity index (χ1v) is 13.9. The predicted octanol–water partition coefficient (Wildman–Crippen LogP) is 9.58. The number of aromatic nitrogens is 2. The molecule has 0 radical (unpaired) electrons. The van der Waals surface area contributed by atoms with Crippen molar-refractivity contribution < 1.29 is 4.39 Å². The number of nitrogens with zero attached hydrogens (tertiary/aromatic N) is 2. The van der Waals surface area contributed by atoms with Gasteiger partial charge in [0, 0.05) is 15.8 Å². The quantitative estimate of drug-likeness (QED) is 0.223. The molecule has 0 aliphatic rings. The molecule has 1 atom stereocenters. The van der Waals surface area contributed by atoms with Crippen LogP contribution in [-0.2, 0) is 11.1 Å². The summed E-state index contributed by atoms with van der Waals surface area (Å²) in [4.78, 5) is 10.8. The second kappa shape index (κ2) is 9.87. The molecule has 1 unspecified atom stereocenters. The Balaban J connectivity index is 1.53. The Labute approximate surface area is 232 Å². The number of hydrogen-bond acceptors (Lipinski definition) is 3. The number of fused-ring (bicyclic) bond motifs is 1. The number of benzene rings is 3. The molecule has 0 aliphatic heterocycles. The van der Waals surface area contributed by atoms with E-state index in [0.29, 0.717) is 17.0 Å². The highest BCUT2D eigenvalue weighted by Gasteiger charge is 2.40. The van der Waals surface area contributed by atoms with Gasteiger partial charge in [0.2, 0.25) is 5.67 Å². The summed E-state index contributed by atoms with van der Waals surface area (Å²) < 4.78 is 19.1. The average Bonchev–Trinajstić information content (AvgIpc) is 3.42. The maximum atomic E-state index is 17.9. The Morgan fingerprint density at radius 1 is 0.590 bits per heavy atom. The molecule has 0 N–H and O–H groups in total. The molecule has 2 nitrogen and oxygen atoms in total. The molecule has 0 spiro atoms. The Kier molecular flexibility index (Phi) is 6.36. The van der Waals surface area contributed by atoms with Gasteiger partial charge in [-0.2, -0.15) is 0 Å². The van der Waals surface area contributed by atoms with Gasteiger partial charge in [-0.15, -0.1) is 11.3 Å². The summed E-state index contributed by atoms with van der Waals surface area (Å²) in [5, 5.41) is 1.16. The standard InChI is InChI=1S/C35H29FN2S/c1-34(2,3)26-19-21-27(22-20-26)35(36,32-17-9-14-28(37-32)24-11-5-4-6-12-24)33-18-10-15-29(38-33)31-23-25-13-7-8-16-30(25)39-31/h4-23H,1-3H3. The molecule has 6 rings (SSSR count). The van der Waals surface area contributed by atoms with Crippen LogP contribution in [-0.4, -0.2) is 9.97 Å². The maximum Gasteiger partial charge on any atom is 0.219 e. The first kappa shape index (κ1) is 25.1. The van der Waals surface area contributed by atoms with Gasteiger partial charge in [-0.1, -0.05) is 106 Å². The van der Waals surface area contributed by atoms with Crippen LogP contribution < -0.4 is 0 Å². The van der Waals surface area contributed by atoms with E-state index >= 15 is 4.39 Å². The summed E-state index contributed by atoms with van der Waals surface area (Å²) in [5.41, 5.74) is 2.61. The maximum absolute atomic E-state index is 17.9. The van der Waals surface area contributed by atoms with Gasteiger partial charge >= 0.3 is 0 Å². The molecule has 4 heteroatoms. The van der Waals surface area contributed by atoms with Gasteiger partial charge in [0.1, 0.15) is 0 Å². The van der Waals surface area contributed by atoms with Crippen LogP contribution in [0.15, 0.2) is 121 Å². The second-order valence-electron chi connectivity index (χ2n) is 10.8. The van der Waals surface area contributed by atoms with Crippen molar-refractivity contribution in [3.05, 3.63) is 144 Å². The molecule has 0 saturated carbocycles. The van der Waals surface area contributed by atoms with Crippen LogP contribution >= 0.6 is 11.3 Å². The van der Waals surface area contributed by atoms with E-state index in [1.54, 1.807) is 23.5 Å². The third kappa shape index (κ3) is 4.77. The molecule has 0 saturated heterocycles. The summed E-state index contributed by atoms with van der Waals surface area (Å²) in [7, 11) is 0. The van der Waals surface area contributed by atoms with E-state index < -0.39 is 5.67 Å². The smallest absolute Gasteiger partial charge is 0.219 e. The number of halogens is 1. The molecule has 0 bridgehead atoms. The topological polar surface area (TPSA) is 25.8 Å². The first-order valence-electron chi connectivity index (χ1n) is 13.1. The van der Waals surface area contributed by atoms with Crippen LogP contribution in [0.5, 0.6) is 0 Å². The number of hydrogen-bond donors (Lipinski definition) is 0. The van der Waals surface area contributed by atoms with Gasteiger partial charge in [-0.25, -0.2) is 14.4 Å². The SMILES string of the molecule is CC(C)(C)c1ccc(C(F)(c2cccc(-c3ccccc3)n2)c2cccc(-c3cc4ccccc4s3)n2)cc1. The first-order chi connectivity index (χ1) is 18.8. The van der Waals surface area contributed by atoms with E-state index in [1.807, 2.05) is 91.0 Å². The highest BCUT2D eigenvalue weighted by atomic mass is 32.1. The average molecular weight is 529 g/mol. The van der Waals surface area contributed by atoms with Gasteiger partial charge in [0.05, 0.1) is 27.7 Å². The minimum absolute atomic E-state index is 0.0394. The zero-order valence-corrected chi connectivity index (χ0v) is 23.0. The number of rotatable bonds is 5. The molecule has 0 aliphatic carbocycles. The summed E-state index contributed by atoms with van der Waals surface area (Å²) >= 11 is 1.67. The molecular weight excluding hydrogens is 499 g/mol. The monoisotopic (exact) mass is 528 g/mol. The van der Waals surface area contributed by atoms with Crippen LogP contribution in [0.1, 0.15) is 43.3 Å². The van der Waals surface area contributed by atoms with Crippen LogP contribution in [0.25, 0.3) is 31.9 Å². The lowest BCUT2D eigenvalue weighted by atomic mass is 9.83. The molecule has 3 heterocycles. The van der Waals surface area contributed by atoms with E-state index in [9.17, 15) is 0 Å². The molecular formula is C35H29FN2S. The fourth-order valence-corrected chi connectivity index (χ4v) is 5.93. The predicted molar refractivity (Wildman–Crippen MR) is 161 cm³/mol. The van der Waals surface area contributed by atoms with E-state index in [2.05, 4.69) is 39.0 Å². The van der Waals surface area contributed by atoms with Crippen molar-refractivity contribution in [2.24, 2.45) is 0 Å². The summed E-state index contributed by atoms with van der Waals surface area (Å²) in [6.45, 7) is 6.48. The van der Waals surface area contributed by atoms with Crippen LogP contribution in [0.3, 0.4) is 0 Å². The molecule has 0 fully saturated rings. The fraction of sp³-hybridized carbons (Fsp3) is 0.143. The Bertz CT molecular complexity index is 1720. The molecule has 3 aromatic carbocycles. The number of pyridine rings is 2. The lowest BCUT2D eigenvalue weighted by Crippen LogP contribution is -2.27. The third-order valence-corrected chi connectivity index (χ3v) is 8.24. The summed E-state index contributed by atoms with van der Waals surface area (Å²) in [6.07, 6.45) is 0. The van der Waals surface area contributed by atoms with Crippen molar-refractivity contribution in [1.82, 2.24) is 9.97 Å². The largest absolute Gasteiger partial charge is 0.249 e. The van der Waals surface area contributed by atoms with Crippen molar-refractivity contribution in [1.29, 1.82) is 0 Å². The third-order valence-electron chi connectivity index (χ3n) is 7.10. The fourth-order valence-electron chi connectivity index (χ4n) is 4.90.